The highest BCUT2D eigenvalue weighted by molar-refractivity contribution is 5.79. The molecule has 38 heavy (non-hydrogen) atoms. The van der Waals surface area contributed by atoms with E-state index in [1.54, 1.807) is 12.0 Å². The first-order valence-corrected chi connectivity index (χ1v) is 13.5. The van der Waals surface area contributed by atoms with Gasteiger partial charge in [0.1, 0.15) is 17.4 Å². The lowest BCUT2D eigenvalue weighted by atomic mass is 9.90. The Morgan fingerprint density at radius 1 is 1.08 bits per heavy atom. The Morgan fingerprint density at radius 2 is 1.76 bits per heavy atom. The quantitative estimate of drug-likeness (QED) is 0.464. The summed E-state index contributed by atoms with van der Waals surface area (Å²) in [5.74, 6) is 1.14. The molecule has 2 unspecified atom stereocenters. The molecule has 1 amide bonds. The van der Waals surface area contributed by atoms with Crippen molar-refractivity contribution < 1.29 is 27.8 Å². The smallest absolute Gasteiger partial charge is 0.227 e. The number of hydrogen-bond acceptors (Lipinski definition) is 7. The van der Waals surface area contributed by atoms with E-state index in [1.165, 1.54) is 18.6 Å². The van der Waals surface area contributed by atoms with Crippen LogP contribution in [0.5, 0.6) is 5.75 Å². The van der Waals surface area contributed by atoms with E-state index in [-0.39, 0.29) is 23.6 Å². The van der Waals surface area contributed by atoms with Crippen molar-refractivity contribution in [2.24, 2.45) is 17.8 Å². The fraction of sp³-hybridized carbons (Fsp3) is 0.607. The van der Waals surface area contributed by atoms with Gasteiger partial charge in [-0.1, -0.05) is 0 Å². The topological polar surface area (TPSA) is 77.0 Å². The highest BCUT2D eigenvalue weighted by Crippen LogP contribution is 2.49. The molecule has 8 nitrogen and oxygen atoms in total. The highest BCUT2D eigenvalue weighted by atomic mass is 19.1. The van der Waals surface area contributed by atoms with E-state index in [0.29, 0.717) is 57.3 Å². The largest absolute Gasteiger partial charge is 0.493 e. The van der Waals surface area contributed by atoms with Crippen LogP contribution < -0.4 is 9.64 Å². The summed E-state index contributed by atoms with van der Waals surface area (Å²) in [4.78, 5) is 25.2. The van der Waals surface area contributed by atoms with Crippen LogP contribution in [-0.4, -0.2) is 73.9 Å². The summed E-state index contributed by atoms with van der Waals surface area (Å²) >= 11 is 0. The number of rotatable bonds is 10. The molecule has 0 N–H and O–H groups in total. The normalized spacial score (nSPS) is 22.0. The molecule has 206 valence electrons. The predicted molar refractivity (Wildman–Crippen MR) is 137 cm³/mol. The Kier molecular flexibility index (Phi) is 8.68. The van der Waals surface area contributed by atoms with Crippen LogP contribution in [0.15, 0.2) is 24.5 Å². The van der Waals surface area contributed by atoms with Gasteiger partial charge in [0, 0.05) is 68.9 Å². The molecule has 0 spiro atoms. The maximum Gasteiger partial charge on any atom is 0.227 e. The summed E-state index contributed by atoms with van der Waals surface area (Å²) < 4.78 is 45.3. The van der Waals surface area contributed by atoms with Crippen LogP contribution in [-0.2, 0) is 27.3 Å². The van der Waals surface area contributed by atoms with Crippen molar-refractivity contribution in [1.82, 2.24) is 14.9 Å². The average molecular weight is 531 g/mol. The van der Waals surface area contributed by atoms with E-state index in [1.807, 2.05) is 12.4 Å². The maximum atomic E-state index is 14.6. The minimum absolute atomic E-state index is 0.171. The average Bonchev–Trinajstić information content (AvgIpc) is 3.71. The lowest BCUT2D eigenvalue weighted by Crippen LogP contribution is -2.41. The lowest BCUT2D eigenvalue weighted by Gasteiger charge is -2.32. The second-order valence-corrected chi connectivity index (χ2v) is 10.5. The van der Waals surface area contributed by atoms with Gasteiger partial charge in [0.05, 0.1) is 32.8 Å². The first kappa shape index (κ1) is 26.7. The second-order valence-electron chi connectivity index (χ2n) is 10.5. The molecule has 3 aliphatic rings. The number of ether oxygens (including phenoxy) is 3. The summed E-state index contributed by atoms with van der Waals surface area (Å²) in [6.07, 6.45) is 7.64. The van der Waals surface area contributed by atoms with Crippen LogP contribution in [0.3, 0.4) is 0 Å². The third kappa shape index (κ3) is 6.58. The van der Waals surface area contributed by atoms with E-state index >= 15 is 0 Å². The van der Waals surface area contributed by atoms with Crippen LogP contribution in [0, 0.1) is 29.4 Å². The van der Waals surface area contributed by atoms with Gasteiger partial charge in [-0.25, -0.2) is 18.7 Å². The number of hydrogen-bond donors (Lipinski definition) is 0. The number of benzene rings is 1. The summed E-state index contributed by atoms with van der Waals surface area (Å²) in [6.45, 7) is 4.63. The first-order valence-electron chi connectivity index (χ1n) is 13.5. The highest BCUT2D eigenvalue weighted by Gasteiger charge is 2.43. The van der Waals surface area contributed by atoms with Gasteiger partial charge in [0.25, 0.3) is 0 Å². The molecule has 1 saturated carbocycles. The van der Waals surface area contributed by atoms with E-state index in [2.05, 4.69) is 14.9 Å². The van der Waals surface area contributed by atoms with Crippen molar-refractivity contribution in [3.05, 3.63) is 47.3 Å². The first-order chi connectivity index (χ1) is 18.5. The zero-order valence-electron chi connectivity index (χ0n) is 21.9. The number of carbonyl (C=O) groups is 1. The molecule has 0 bridgehead atoms. The van der Waals surface area contributed by atoms with Crippen molar-refractivity contribution >= 4 is 11.9 Å². The number of morpholine rings is 1. The van der Waals surface area contributed by atoms with E-state index in [0.717, 1.165) is 43.9 Å². The Morgan fingerprint density at radius 3 is 2.42 bits per heavy atom. The van der Waals surface area contributed by atoms with Gasteiger partial charge in [0.15, 0.2) is 0 Å². The van der Waals surface area contributed by atoms with Gasteiger partial charge in [-0.3, -0.25) is 4.79 Å². The Labute approximate surface area is 222 Å². The molecule has 0 radical (unpaired) electrons. The Bertz CT molecular complexity index is 1070. The molecule has 3 fully saturated rings. The SMILES string of the molecule is COCc1cnc(N2CCC(C3CC3CCOc3cc(F)c(CC(=O)N4CCOCC4)c(F)c3)CC2)nc1. The van der Waals surface area contributed by atoms with E-state index in [9.17, 15) is 13.6 Å². The summed E-state index contributed by atoms with van der Waals surface area (Å²) in [6, 6.07) is 2.38. The number of anilines is 1. The second kappa shape index (κ2) is 12.3. The van der Waals surface area contributed by atoms with Crippen LogP contribution in [0.25, 0.3) is 0 Å². The molecular formula is C28H36F2N4O4. The lowest BCUT2D eigenvalue weighted by molar-refractivity contribution is -0.134. The minimum atomic E-state index is -0.741. The fourth-order valence-corrected chi connectivity index (χ4v) is 5.70. The molecule has 2 aliphatic heterocycles. The molecule has 10 heteroatoms. The van der Waals surface area contributed by atoms with Gasteiger partial charge in [-0.15, -0.1) is 0 Å². The standard InChI is InChI=1S/C28H36F2N4O4/c1-36-18-19-16-31-28(32-17-19)34-5-2-20(3-6-34)23-12-21(23)4-9-38-22-13-25(29)24(26(30)14-22)15-27(35)33-7-10-37-11-8-33/h13-14,16-17,20-21,23H,2-12,15,18H2,1H3. The Balaban J connectivity index is 1.03. The third-order valence-electron chi connectivity index (χ3n) is 7.97. The van der Waals surface area contributed by atoms with Gasteiger partial charge in [0.2, 0.25) is 11.9 Å². The number of nitrogens with zero attached hydrogens (tertiary/aromatic N) is 4. The van der Waals surface area contributed by atoms with Gasteiger partial charge in [-0.2, -0.15) is 0 Å². The molecule has 2 saturated heterocycles. The number of amides is 1. The third-order valence-corrected chi connectivity index (χ3v) is 7.97. The van der Waals surface area contributed by atoms with Crippen LogP contribution in [0.2, 0.25) is 0 Å². The monoisotopic (exact) mass is 530 g/mol. The molecular weight excluding hydrogens is 494 g/mol. The van der Waals surface area contributed by atoms with Crippen molar-refractivity contribution in [1.29, 1.82) is 0 Å². The van der Waals surface area contributed by atoms with Crippen molar-refractivity contribution in [2.75, 3.05) is 58.0 Å². The van der Waals surface area contributed by atoms with Gasteiger partial charge in [-0.05, 0) is 43.4 Å². The number of aromatic nitrogens is 2. The predicted octanol–water partition coefficient (Wildman–Crippen LogP) is 3.62. The van der Waals surface area contributed by atoms with Gasteiger partial charge >= 0.3 is 0 Å². The zero-order chi connectivity index (χ0) is 26.5. The van der Waals surface area contributed by atoms with Crippen LogP contribution >= 0.6 is 0 Å². The molecule has 1 aromatic carbocycles. The van der Waals surface area contributed by atoms with Crippen LogP contribution in [0.1, 0.15) is 36.8 Å². The summed E-state index contributed by atoms with van der Waals surface area (Å²) in [5, 5.41) is 0. The van der Waals surface area contributed by atoms with E-state index < -0.39 is 11.6 Å². The molecule has 1 aliphatic carbocycles. The number of carbonyl (C=O) groups excluding carboxylic acids is 1. The number of halogens is 2. The minimum Gasteiger partial charge on any atom is -0.493 e. The fourth-order valence-electron chi connectivity index (χ4n) is 5.70. The molecule has 2 atom stereocenters. The molecule has 3 heterocycles. The van der Waals surface area contributed by atoms with Crippen molar-refractivity contribution in [3.8, 4) is 5.75 Å². The van der Waals surface area contributed by atoms with Crippen molar-refractivity contribution in [2.45, 2.75) is 38.7 Å². The van der Waals surface area contributed by atoms with E-state index in [4.69, 9.17) is 14.2 Å². The Hall–Kier alpha value is -2.85. The number of piperidine rings is 1. The number of methoxy groups -OCH3 is 1. The molecule has 5 rings (SSSR count). The zero-order valence-corrected chi connectivity index (χ0v) is 21.9. The van der Waals surface area contributed by atoms with Crippen LogP contribution in [0.4, 0.5) is 14.7 Å². The van der Waals surface area contributed by atoms with Gasteiger partial charge < -0.3 is 24.0 Å². The summed E-state index contributed by atoms with van der Waals surface area (Å²) in [5.41, 5.74) is 0.758. The molecule has 1 aromatic heterocycles. The summed E-state index contributed by atoms with van der Waals surface area (Å²) in [7, 11) is 1.66. The van der Waals surface area contributed by atoms with Crippen molar-refractivity contribution in [3.63, 3.8) is 0 Å². The maximum absolute atomic E-state index is 14.6. The molecule has 2 aromatic rings.